The van der Waals surface area contributed by atoms with Crippen LogP contribution in [0.2, 0.25) is 0 Å². The minimum atomic E-state index is -0.524. The van der Waals surface area contributed by atoms with E-state index in [1.54, 1.807) is 4.68 Å². The zero-order chi connectivity index (χ0) is 15.1. The molecule has 5 nitrogen and oxygen atoms in total. The Morgan fingerprint density at radius 1 is 1.35 bits per heavy atom. The van der Waals surface area contributed by atoms with Gasteiger partial charge in [0.25, 0.3) is 0 Å². The van der Waals surface area contributed by atoms with E-state index in [0.717, 1.165) is 11.3 Å². The van der Waals surface area contributed by atoms with Gasteiger partial charge in [0.05, 0.1) is 23.5 Å². The van der Waals surface area contributed by atoms with Crippen LogP contribution in [0.3, 0.4) is 0 Å². The fourth-order valence-corrected chi connectivity index (χ4v) is 2.14. The maximum Gasteiger partial charge on any atom is 0.492 e. The molecule has 0 atom stereocenters. The molecule has 1 aromatic rings. The number of hydrogen-bond acceptors (Lipinski definition) is 4. The highest BCUT2D eigenvalue weighted by Gasteiger charge is 2.52. The summed E-state index contributed by atoms with van der Waals surface area (Å²) >= 11 is 0. The van der Waals surface area contributed by atoms with E-state index >= 15 is 0 Å². The molecule has 1 aliphatic heterocycles. The summed E-state index contributed by atoms with van der Waals surface area (Å²) < 4.78 is 13.7. The molecule has 0 saturated carbocycles. The lowest BCUT2D eigenvalue weighted by Gasteiger charge is -2.32. The summed E-state index contributed by atoms with van der Waals surface area (Å²) in [6.45, 7) is 9.82. The average Bonchev–Trinajstić information content (AvgIpc) is 2.72. The van der Waals surface area contributed by atoms with Crippen LogP contribution < -0.4 is 0 Å². The van der Waals surface area contributed by atoms with Gasteiger partial charge < -0.3 is 14.4 Å². The van der Waals surface area contributed by atoms with E-state index in [-0.39, 0.29) is 6.61 Å². The zero-order valence-corrected chi connectivity index (χ0v) is 13.1. The van der Waals surface area contributed by atoms with Crippen molar-refractivity contribution in [1.29, 1.82) is 0 Å². The van der Waals surface area contributed by atoms with Crippen molar-refractivity contribution < 1.29 is 14.4 Å². The fraction of sp³-hybridized carbons (Fsp3) is 0.643. The largest absolute Gasteiger partial charge is 0.492 e. The highest BCUT2D eigenvalue weighted by atomic mass is 16.7. The second-order valence-corrected chi connectivity index (χ2v) is 6.31. The first-order valence-corrected chi connectivity index (χ1v) is 6.83. The van der Waals surface area contributed by atoms with Crippen LogP contribution in [-0.4, -0.2) is 39.8 Å². The number of nitrogens with zero attached hydrogens (tertiary/aromatic N) is 2. The quantitative estimate of drug-likeness (QED) is 0.856. The molecule has 0 spiro atoms. The summed E-state index contributed by atoms with van der Waals surface area (Å²) in [5.41, 5.74) is 1.77. The summed E-state index contributed by atoms with van der Waals surface area (Å²) in [7, 11) is 1.35. The van der Waals surface area contributed by atoms with Crippen molar-refractivity contribution in [2.75, 3.05) is 6.61 Å². The predicted molar refractivity (Wildman–Crippen MR) is 79.1 cm³/mol. The van der Waals surface area contributed by atoms with Gasteiger partial charge in [-0.25, -0.2) is 0 Å². The summed E-state index contributed by atoms with van der Waals surface area (Å²) in [6.07, 6.45) is 3.81. The van der Waals surface area contributed by atoms with Crippen molar-refractivity contribution in [2.45, 2.75) is 45.8 Å². The van der Waals surface area contributed by atoms with Crippen LogP contribution in [0.5, 0.6) is 0 Å². The lowest BCUT2D eigenvalue weighted by Crippen LogP contribution is -2.41. The number of aromatic nitrogens is 2. The van der Waals surface area contributed by atoms with E-state index in [4.69, 9.17) is 9.31 Å². The van der Waals surface area contributed by atoms with Crippen LogP contribution in [-0.2, 0) is 16.4 Å². The number of aliphatic hydroxyl groups excluding tert-OH is 1. The minimum Gasteiger partial charge on any atom is -0.400 e. The van der Waals surface area contributed by atoms with E-state index in [0.29, 0.717) is 5.47 Å². The predicted octanol–water partition coefficient (Wildman–Crippen LogP) is 1.74. The molecule has 1 aromatic heterocycles. The van der Waals surface area contributed by atoms with E-state index in [1.807, 2.05) is 53.9 Å². The molecule has 0 unspecified atom stereocenters. The highest BCUT2D eigenvalue weighted by Crippen LogP contribution is 2.38. The molecule has 110 valence electrons. The SMILES string of the molecule is Cc1nn(C)cc1C=C(CO)B1OC(C)(C)C(C)(C)O1. The van der Waals surface area contributed by atoms with Crippen molar-refractivity contribution in [2.24, 2.45) is 7.05 Å². The molecule has 1 aliphatic rings. The van der Waals surface area contributed by atoms with Crippen molar-refractivity contribution in [3.8, 4) is 0 Å². The summed E-state index contributed by atoms with van der Waals surface area (Å²) in [5, 5.41) is 13.9. The van der Waals surface area contributed by atoms with E-state index in [1.165, 1.54) is 0 Å². The Labute approximate surface area is 120 Å². The van der Waals surface area contributed by atoms with Crippen LogP contribution in [0.25, 0.3) is 6.08 Å². The normalized spacial score (nSPS) is 21.6. The molecule has 0 radical (unpaired) electrons. The third-order valence-electron chi connectivity index (χ3n) is 4.13. The Balaban J connectivity index is 2.29. The molecule has 2 rings (SSSR count). The van der Waals surface area contributed by atoms with Crippen LogP contribution in [0.1, 0.15) is 39.0 Å². The van der Waals surface area contributed by atoms with Gasteiger partial charge in [-0.2, -0.15) is 5.10 Å². The Morgan fingerprint density at radius 3 is 2.30 bits per heavy atom. The summed E-state index contributed by atoms with van der Waals surface area (Å²) in [6, 6.07) is 0. The van der Waals surface area contributed by atoms with Gasteiger partial charge in [0, 0.05) is 18.8 Å². The summed E-state index contributed by atoms with van der Waals surface area (Å²) in [5.74, 6) is 0. The first-order chi connectivity index (χ1) is 9.16. The third-order valence-corrected chi connectivity index (χ3v) is 4.13. The first kappa shape index (κ1) is 15.3. The Morgan fingerprint density at radius 2 is 1.90 bits per heavy atom. The van der Waals surface area contributed by atoms with E-state index in [9.17, 15) is 5.11 Å². The van der Waals surface area contributed by atoms with Crippen LogP contribution in [0.4, 0.5) is 0 Å². The maximum atomic E-state index is 9.63. The molecule has 1 saturated heterocycles. The Hall–Kier alpha value is -1.11. The minimum absolute atomic E-state index is 0.106. The lowest BCUT2D eigenvalue weighted by atomic mass is 9.77. The molecule has 0 bridgehead atoms. The molecule has 1 fully saturated rings. The number of aryl methyl sites for hydroxylation is 2. The molecule has 20 heavy (non-hydrogen) atoms. The van der Waals surface area contributed by atoms with Gasteiger partial charge in [0.2, 0.25) is 0 Å². The molecule has 0 aromatic carbocycles. The van der Waals surface area contributed by atoms with E-state index in [2.05, 4.69) is 5.10 Å². The van der Waals surface area contributed by atoms with Crippen molar-refractivity contribution in [3.63, 3.8) is 0 Å². The lowest BCUT2D eigenvalue weighted by molar-refractivity contribution is 0.00578. The highest BCUT2D eigenvalue weighted by molar-refractivity contribution is 6.55. The number of rotatable bonds is 3. The monoisotopic (exact) mass is 278 g/mol. The van der Waals surface area contributed by atoms with Gasteiger partial charge in [-0.3, -0.25) is 4.68 Å². The van der Waals surface area contributed by atoms with Gasteiger partial charge in [0.1, 0.15) is 0 Å². The van der Waals surface area contributed by atoms with Gasteiger partial charge in [-0.1, -0.05) is 6.08 Å². The molecule has 6 heteroatoms. The standard InChI is InChI=1S/C14H23BN2O3/c1-10-11(8-17(6)16-10)7-12(9-18)15-19-13(2,3)14(4,5)20-15/h7-8,18H,9H2,1-6H3. The van der Waals surface area contributed by atoms with Crippen LogP contribution in [0.15, 0.2) is 11.7 Å². The van der Waals surface area contributed by atoms with Crippen LogP contribution in [0, 0.1) is 6.92 Å². The number of aliphatic hydroxyl groups is 1. The topological polar surface area (TPSA) is 56.5 Å². The smallest absolute Gasteiger partial charge is 0.400 e. The van der Waals surface area contributed by atoms with Crippen molar-refractivity contribution >= 4 is 13.2 Å². The van der Waals surface area contributed by atoms with Gasteiger partial charge in [-0.15, -0.1) is 0 Å². The van der Waals surface area contributed by atoms with Crippen molar-refractivity contribution in [3.05, 3.63) is 22.9 Å². The van der Waals surface area contributed by atoms with Gasteiger partial charge in [-0.05, 0) is 40.1 Å². The van der Waals surface area contributed by atoms with Crippen molar-refractivity contribution in [1.82, 2.24) is 9.78 Å². The molecule has 2 heterocycles. The number of hydrogen-bond donors (Lipinski definition) is 1. The third kappa shape index (κ3) is 2.68. The average molecular weight is 278 g/mol. The van der Waals surface area contributed by atoms with Gasteiger partial charge in [0.15, 0.2) is 0 Å². The van der Waals surface area contributed by atoms with Crippen LogP contribution >= 0.6 is 0 Å². The first-order valence-electron chi connectivity index (χ1n) is 6.83. The molecular weight excluding hydrogens is 255 g/mol. The molecular formula is C14H23BN2O3. The second-order valence-electron chi connectivity index (χ2n) is 6.31. The van der Waals surface area contributed by atoms with Gasteiger partial charge >= 0.3 is 7.12 Å². The molecule has 0 aliphatic carbocycles. The molecule has 1 N–H and O–H groups in total. The second kappa shape index (κ2) is 5.02. The Bertz CT molecular complexity index is 519. The molecule has 0 amide bonds. The van der Waals surface area contributed by atoms with E-state index < -0.39 is 18.3 Å². The zero-order valence-electron chi connectivity index (χ0n) is 13.1. The Kier molecular flexibility index (Phi) is 3.84. The fourth-order valence-electron chi connectivity index (χ4n) is 2.14. The maximum absolute atomic E-state index is 9.63. The summed E-state index contributed by atoms with van der Waals surface area (Å²) in [4.78, 5) is 0.